The zero-order chi connectivity index (χ0) is 32.4. The van der Waals surface area contributed by atoms with Crippen molar-refractivity contribution in [3.63, 3.8) is 0 Å². The zero-order valence-electron chi connectivity index (χ0n) is 25.1. The molecule has 46 heavy (non-hydrogen) atoms. The van der Waals surface area contributed by atoms with Gasteiger partial charge in [-0.05, 0) is 43.3 Å². The largest absolute Gasteiger partial charge is 0.497 e. The van der Waals surface area contributed by atoms with Crippen LogP contribution in [-0.4, -0.2) is 42.4 Å². The van der Waals surface area contributed by atoms with Gasteiger partial charge in [-0.25, -0.2) is 14.6 Å². The summed E-state index contributed by atoms with van der Waals surface area (Å²) in [5.41, 5.74) is 2.28. The Balaban J connectivity index is 1.56. The predicted molar refractivity (Wildman–Crippen MR) is 172 cm³/mol. The Bertz CT molecular complexity index is 2160. The summed E-state index contributed by atoms with van der Waals surface area (Å²) in [5.74, 6) is 0.256. The van der Waals surface area contributed by atoms with Gasteiger partial charge in [0.25, 0.3) is 5.56 Å². The number of carbonyl (C=O) groups excluding carboxylic acids is 1. The second-order valence-electron chi connectivity index (χ2n) is 10.1. The van der Waals surface area contributed by atoms with Crippen LogP contribution in [0.4, 0.5) is 0 Å². The fraction of sp³-hybridized carbons (Fsp3) is 0.143. The molecular weight excluding hydrogens is 608 g/mol. The lowest BCUT2D eigenvalue weighted by Crippen LogP contribution is -2.40. The first-order valence-electron chi connectivity index (χ1n) is 14.3. The summed E-state index contributed by atoms with van der Waals surface area (Å²) in [6, 6.07) is 23.3. The summed E-state index contributed by atoms with van der Waals surface area (Å²) in [4.78, 5) is 44.4. The molecule has 0 fully saturated rings. The SMILES string of the molecule is CCOC(=O)C1=C(c2ccccc2)N=c2s/c(=C\c3ccc(-c4ccc(C(=O)O)cc4)o3)c(=O)n2C1c1ccc(OC)cc1OC. The van der Waals surface area contributed by atoms with E-state index in [9.17, 15) is 19.5 Å². The summed E-state index contributed by atoms with van der Waals surface area (Å²) < 4.78 is 24.5. The molecule has 232 valence electrons. The zero-order valence-corrected chi connectivity index (χ0v) is 25.9. The molecule has 3 heterocycles. The number of rotatable bonds is 9. The van der Waals surface area contributed by atoms with Crippen molar-refractivity contribution in [3.8, 4) is 22.8 Å². The number of carboxylic acid groups (broad SMARTS) is 1. The minimum Gasteiger partial charge on any atom is -0.497 e. The number of hydrogen-bond acceptors (Lipinski definition) is 9. The fourth-order valence-corrected chi connectivity index (χ4v) is 6.25. The molecule has 0 aliphatic carbocycles. The number of carbonyl (C=O) groups is 2. The molecule has 3 aromatic carbocycles. The van der Waals surface area contributed by atoms with Gasteiger partial charge in [0.1, 0.15) is 29.1 Å². The van der Waals surface area contributed by atoms with Crippen LogP contribution < -0.4 is 24.4 Å². The van der Waals surface area contributed by atoms with Crippen LogP contribution >= 0.6 is 11.3 Å². The standard InChI is InChI=1S/C35H28N2O8S/c1-4-44-34(41)29-30(21-8-6-5-7-9-21)36-35-37(31(29)25-16-14-23(42-2)18-27(25)43-3)32(38)28(46-35)19-24-15-17-26(45-24)20-10-12-22(13-11-20)33(39)40/h5-19,31H,4H2,1-3H3,(H,39,40)/b28-19-. The Labute approximate surface area is 266 Å². The summed E-state index contributed by atoms with van der Waals surface area (Å²) in [7, 11) is 3.05. The van der Waals surface area contributed by atoms with Crippen LogP contribution in [0.25, 0.3) is 23.1 Å². The molecule has 11 heteroatoms. The van der Waals surface area contributed by atoms with Gasteiger partial charge in [0.2, 0.25) is 0 Å². The van der Waals surface area contributed by atoms with E-state index in [2.05, 4.69) is 0 Å². The molecule has 1 aliphatic heterocycles. The van der Waals surface area contributed by atoms with E-state index in [-0.39, 0.29) is 23.3 Å². The van der Waals surface area contributed by atoms with E-state index in [1.165, 1.54) is 23.8 Å². The third-order valence-corrected chi connectivity index (χ3v) is 8.41. The van der Waals surface area contributed by atoms with Crippen molar-refractivity contribution in [2.75, 3.05) is 20.8 Å². The van der Waals surface area contributed by atoms with E-state index in [1.54, 1.807) is 62.6 Å². The number of carboxylic acids is 1. The summed E-state index contributed by atoms with van der Waals surface area (Å²) in [6.07, 6.45) is 1.62. The highest BCUT2D eigenvalue weighted by Crippen LogP contribution is 2.40. The monoisotopic (exact) mass is 636 g/mol. The van der Waals surface area contributed by atoms with Crippen LogP contribution in [0.3, 0.4) is 0 Å². The summed E-state index contributed by atoms with van der Waals surface area (Å²) in [5, 5.41) is 9.20. The maximum atomic E-state index is 14.2. The first-order valence-corrected chi connectivity index (χ1v) is 15.1. The van der Waals surface area contributed by atoms with Crippen molar-refractivity contribution in [1.82, 2.24) is 4.57 Å². The first kappa shape index (κ1) is 30.4. The number of aromatic carboxylic acids is 1. The molecule has 0 saturated carbocycles. The van der Waals surface area contributed by atoms with Crippen LogP contribution in [0, 0.1) is 0 Å². The lowest BCUT2D eigenvalue weighted by molar-refractivity contribution is -0.138. The minimum atomic E-state index is -1.02. The molecule has 2 aromatic heterocycles. The fourth-order valence-electron chi connectivity index (χ4n) is 5.27. The smallest absolute Gasteiger partial charge is 0.338 e. The van der Waals surface area contributed by atoms with Gasteiger partial charge in [-0.1, -0.05) is 53.8 Å². The Morgan fingerprint density at radius 2 is 1.74 bits per heavy atom. The number of nitrogens with zero attached hydrogens (tertiary/aromatic N) is 2. The Morgan fingerprint density at radius 1 is 0.978 bits per heavy atom. The Kier molecular flexibility index (Phi) is 8.41. The Morgan fingerprint density at radius 3 is 2.41 bits per heavy atom. The number of furan rings is 1. The molecule has 1 atom stereocenters. The van der Waals surface area contributed by atoms with E-state index in [0.29, 0.717) is 54.7 Å². The highest BCUT2D eigenvalue weighted by molar-refractivity contribution is 7.07. The van der Waals surface area contributed by atoms with E-state index in [0.717, 1.165) is 11.3 Å². The van der Waals surface area contributed by atoms with Gasteiger partial charge in [0, 0.05) is 28.8 Å². The van der Waals surface area contributed by atoms with Crippen LogP contribution in [-0.2, 0) is 9.53 Å². The molecule has 1 unspecified atom stereocenters. The van der Waals surface area contributed by atoms with Gasteiger partial charge < -0.3 is 23.7 Å². The quantitative estimate of drug-likeness (QED) is 0.226. The molecular formula is C35H28N2O8S. The molecule has 0 bridgehead atoms. The highest BCUT2D eigenvalue weighted by Gasteiger charge is 2.37. The number of hydrogen-bond donors (Lipinski definition) is 1. The molecule has 0 radical (unpaired) electrons. The molecule has 0 spiro atoms. The summed E-state index contributed by atoms with van der Waals surface area (Å²) in [6.45, 7) is 1.85. The van der Waals surface area contributed by atoms with E-state index in [1.807, 2.05) is 30.3 Å². The van der Waals surface area contributed by atoms with E-state index in [4.69, 9.17) is 23.6 Å². The maximum absolute atomic E-state index is 14.2. The van der Waals surface area contributed by atoms with Gasteiger partial charge in [-0.15, -0.1) is 0 Å². The van der Waals surface area contributed by atoms with Crippen molar-refractivity contribution in [2.45, 2.75) is 13.0 Å². The number of fused-ring (bicyclic) bond motifs is 1. The predicted octanol–water partition coefficient (Wildman–Crippen LogP) is 4.91. The average Bonchev–Trinajstić information content (AvgIpc) is 3.68. The van der Waals surface area contributed by atoms with Gasteiger partial charge in [0.05, 0.1) is 42.2 Å². The second kappa shape index (κ2) is 12.7. The first-order chi connectivity index (χ1) is 22.3. The summed E-state index contributed by atoms with van der Waals surface area (Å²) >= 11 is 1.16. The lowest BCUT2D eigenvalue weighted by Gasteiger charge is -2.27. The van der Waals surface area contributed by atoms with Crippen LogP contribution in [0.15, 0.2) is 105 Å². The normalized spacial score (nSPS) is 14.4. The average molecular weight is 637 g/mol. The molecule has 6 rings (SSSR count). The lowest BCUT2D eigenvalue weighted by atomic mass is 9.92. The molecule has 1 N–H and O–H groups in total. The van der Waals surface area contributed by atoms with Crippen LogP contribution in [0.5, 0.6) is 11.5 Å². The Hall–Kier alpha value is -5.68. The van der Waals surface area contributed by atoms with E-state index >= 15 is 0 Å². The second-order valence-corrected chi connectivity index (χ2v) is 11.1. The van der Waals surface area contributed by atoms with Crippen molar-refractivity contribution in [3.05, 3.63) is 133 Å². The number of ether oxygens (including phenoxy) is 3. The van der Waals surface area contributed by atoms with Gasteiger partial charge in [-0.3, -0.25) is 9.36 Å². The molecule has 0 amide bonds. The maximum Gasteiger partial charge on any atom is 0.338 e. The van der Waals surface area contributed by atoms with Gasteiger partial charge in [-0.2, -0.15) is 0 Å². The van der Waals surface area contributed by atoms with Crippen molar-refractivity contribution in [1.29, 1.82) is 0 Å². The van der Waals surface area contributed by atoms with Gasteiger partial charge >= 0.3 is 11.9 Å². The van der Waals surface area contributed by atoms with Crippen molar-refractivity contribution in [2.24, 2.45) is 4.99 Å². The topological polar surface area (TPSA) is 130 Å². The number of methoxy groups -OCH3 is 2. The minimum absolute atomic E-state index is 0.126. The molecule has 10 nitrogen and oxygen atoms in total. The molecule has 0 saturated heterocycles. The van der Waals surface area contributed by atoms with Crippen molar-refractivity contribution < 1.29 is 33.3 Å². The highest BCUT2D eigenvalue weighted by atomic mass is 32.1. The number of aromatic nitrogens is 1. The third kappa shape index (κ3) is 5.64. The van der Waals surface area contributed by atoms with Crippen LogP contribution in [0.1, 0.15) is 40.2 Å². The van der Waals surface area contributed by atoms with Crippen molar-refractivity contribution >= 4 is 35.0 Å². The van der Waals surface area contributed by atoms with E-state index < -0.39 is 18.0 Å². The molecule has 1 aliphatic rings. The molecule has 5 aromatic rings. The van der Waals surface area contributed by atoms with Crippen LogP contribution in [0.2, 0.25) is 0 Å². The van der Waals surface area contributed by atoms with Gasteiger partial charge in [0.15, 0.2) is 4.80 Å². The number of esters is 1. The number of thiazole rings is 1. The third-order valence-electron chi connectivity index (χ3n) is 7.43. The number of benzene rings is 3.